The first kappa shape index (κ1) is 17.7. The number of nitrogens with one attached hydrogen (secondary N) is 1. The number of anilines is 1. The Morgan fingerprint density at radius 1 is 1.26 bits per heavy atom. The van der Waals surface area contributed by atoms with Crippen LogP contribution in [-0.2, 0) is 9.53 Å². The van der Waals surface area contributed by atoms with Gasteiger partial charge in [0.15, 0.2) is 6.61 Å². The average Bonchev–Trinajstić information content (AvgIpc) is 3.27. The molecule has 2 aliphatic rings. The van der Waals surface area contributed by atoms with Crippen LogP contribution in [0.1, 0.15) is 5.56 Å². The number of hydrogen-bond donors (Lipinski definition) is 1. The van der Waals surface area contributed by atoms with Gasteiger partial charge in [-0.2, -0.15) is 0 Å². The molecule has 0 bridgehead atoms. The molecule has 7 nitrogen and oxygen atoms in total. The van der Waals surface area contributed by atoms with Crippen LogP contribution in [0.25, 0.3) is 0 Å². The normalized spacial score (nSPS) is 23.9. The Labute approximate surface area is 158 Å². The zero-order chi connectivity index (χ0) is 18.6. The third-order valence-corrected chi connectivity index (χ3v) is 5.32. The Balaban J connectivity index is 1.28. The predicted molar refractivity (Wildman–Crippen MR) is 100 cm³/mol. The largest absolute Gasteiger partial charge is 0.484 e. The van der Waals surface area contributed by atoms with Crippen LogP contribution in [0, 0.1) is 18.8 Å². The van der Waals surface area contributed by atoms with Crippen molar-refractivity contribution < 1.29 is 14.3 Å². The van der Waals surface area contributed by atoms with E-state index in [0.29, 0.717) is 37.5 Å². The number of benzene rings is 1. The van der Waals surface area contributed by atoms with Crippen LogP contribution in [0.15, 0.2) is 42.7 Å². The number of nitrogens with zero attached hydrogens (tertiary/aromatic N) is 3. The quantitative estimate of drug-likeness (QED) is 0.837. The maximum atomic E-state index is 12.6. The Morgan fingerprint density at radius 2 is 2.07 bits per heavy atom. The van der Waals surface area contributed by atoms with Gasteiger partial charge in [-0.15, -0.1) is 0 Å². The summed E-state index contributed by atoms with van der Waals surface area (Å²) < 4.78 is 11.6. The van der Waals surface area contributed by atoms with E-state index in [9.17, 15) is 4.79 Å². The minimum Gasteiger partial charge on any atom is -0.484 e. The van der Waals surface area contributed by atoms with Crippen molar-refractivity contribution in [2.75, 3.05) is 38.2 Å². The van der Waals surface area contributed by atoms with Gasteiger partial charge in [0.05, 0.1) is 12.7 Å². The highest BCUT2D eigenvalue weighted by Crippen LogP contribution is 2.33. The van der Waals surface area contributed by atoms with E-state index in [1.807, 2.05) is 36.1 Å². The van der Waals surface area contributed by atoms with E-state index in [2.05, 4.69) is 15.3 Å². The van der Waals surface area contributed by atoms with Crippen molar-refractivity contribution in [1.29, 1.82) is 0 Å². The van der Waals surface area contributed by atoms with E-state index in [4.69, 9.17) is 9.47 Å². The van der Waals surface area contributed by atoms with Crippen LogP contribution in [0.3, 0.4) is 0 Å². The van der Waals surface area contributed by atoms with Gasteiger partial charge in [-0.05, 0) is 24.6 Å². The van der Waals surface area contributed by atoms with Crippen LogP contribution in [-0.4, -0.2) is 59.7 Å². The molecular weight excluding hydrogens is 344 g/mol. The maximum absolute atomic E-state index is 12.6. The molecule has 3 atom stereocenters. The summed E-state index contributed by atoms with van der Waals surface area (Å²) >= 11 is 0. The predicted octanol–water partition coefficient (Wildman–Crippen LogP) is 1.75. The lowest BCUT2D eigenvalue weighted by atomic mass is 9.93. The second-order valence-electron chi connectivity index (χ2n) is 7.10. The van der Waals surface area contributed by atoms with Gasteiger partial charge in [0.1, 0.15) is 5.75 Å². The van der Waals surface area contributed by atoms with Gasteiger partial charge in [-0.25, -0.2) is 9.97 Å². The Hall–Kier alpha value is -2.67. The number of likely N-dealkylation sites (tertiary alicyclic amines) is 1. The Bertz CT molecular complexity index is 786. The lowest BCUT2D eigenvalue weighted by Crippen LogP contribution is -2.35. The molecule has 3 heterocycles. The molecular formula is C20H24N4O3. The molecule has 0 unspecified atom stereocenters. The van der Waals surface area contributed by atoms with E-state index in [1.165, 1.54) is 0 Å². The molecule has 142 valence electrons. The first-order chi connectivity index (χ1) is 13.2. The van der Waals surface area contributed by atoms with Crippen molar-refractivity contribution in [2.24, 2.45) is 11.8 Å². The van der Waals surface area contributed by atoms with E-state index in [-0.39, 0.29) is 18.6 Å². The summed E-state index contributed by atoms with van der Waals surface area (Å²) in [6.07, 6.45) is 3.54. The second kappa shape index (κ2) is 7.92. The van der Waals surface area contributed by atoms with E-state index in [0.717, 1.165) is 17.9 Å². The number of amides is 1. The van der Waals surface area contributed by atoms with Crippen LogP contribution >= 0.6 is 0 Å². The SMILES string of the molecule is Cc1ccccc1OCC(=O)N1C[C@@H]2[C@@H](CNc3ncccn3)CO[C@@H]2C1. The van der Waals surface area contributed by atoms with Crippen molar-refractivity contribution >= 4 is 11.9 Å². The molecule has 1 aromatic heterocycles. The van der Waals surface area contributed by atoms with Gasteiger partial charge < -0.3 is 19.7 Å². The van der Waals surface area contributed by atoms with Crippen LogP contribution in [0.5, 0.6) is 5.75 Å². The molecule has 0 aliphatic carbocycles. The number of carbonyl (C=O) groups is 1. The van der Waals surface area contributed by atoms with Crippen LogP contribution in [0.4, 0.5) is 5.95 Å². The van der Waals surface area contributed by atoms with Crippen molar-refractivity contribution in [1.82, 2.24) is 14.9 Å². The number of para-hydroxylation sites is 1. The first-order valence-corrected chi connectivity index (χ1v) is 9.29. The molecule has 2 fully saturated rings. The summed E-state index contributed by atoms with van der Waals surface area (Å²) in [5.74, 6) is 2.07. The zero-order valence-corrected chi connectivity index (χ0v) is 15.4. The van der Waals surface area contributed by atoms with Gasteiger partial charge in [-0.3, -0.25) is 4.79 Å². The fourth-order valence-electron chi connectivity index (χ4n) is 3.77. The van der Waals surface area contributed by atoms with Crippen LogP contribution < -0.4 is 10.1 Å². The van der Waals surface area contributed by atoms with Crippen molar-refractivity contribution in [3.63, 3.8) is 0 Å². The Morgan fingerprint density at radius 3 is 2.89 bits per heavy atom. The molecule has 4 rings (SSSR count). The van der Waals surface area contributed by atoms with Crippen molar-refractivity contribution in [3.8, 4) is 5.75 Å². The van der Waals surface area contributed by atoms with Crippen molar-refractivity contribution in [3.05, 3.63) is 48.3 Å². The number of hydrogen-bond acceptors (Lipinski definition) is 6. The minimum absolute atomic E-state index is 0.00866. The molecule has 2 aromatic rings. The highest BCUT2D eigenvalue weighted by Gasteiger charge is 2.45. The van der Waals surface area contributed by atoms with Gasteiger partial charge in [0.2, 0.25) is 5.95 Å². The summed E-state index contributed by atoms with van der Waals surface area (Å²) in [4.78, 5) is 22.8. The van der Waals surface area contributed by atoms with Gasteiger partial charge >= 0.3 is 0 Å². The number of aryl methyl sites for hydroxylation is 1. The highest BCUT2D eigenvalue weighted by molar-refractivity contribution is 5.78. The van der Waals surface area contributed by atoms with Gasteiger partial charge in [-0.1, -0.05) is 18.2 Å². The molecule has 0 radical (unpaired) electrons. The Kier molecular flexibility index (Phi) is 5.20. The van der Waals surface area contributed by atoms with Crippen molar-refractivity contribution in [2.45, 2.75) is 13.0 Å². The molecule has 2 saturated heterocycles. The smallest absolute Gasteiger partial charge is 0.260 e. The molecule has 0 spiro atoms. The summed E-state index contributed by atoms with van der Waals surface area (Å²) in [5.41, 5.74) is 1.03. The third-order valence-electron chi connectivity index (χ3n) is 5.32. The third kappa shape index (κ3) is 4.03. The van der Waals surface area contributed by atoms with E-state index >= 15 is 0 Å². The summed E-state index contributed by atoms with van der Waals surface area (Å²) in [7, 11) is 0. The van der Waals surface area contributed by atoms with Gasteiger partial charge in [0.25, 0.3) is 5.91 Å². The highest BCUT2D eigenvalue weighted by atomic mass is 16.5. The summed E-state index contributed by atoms with van der Waals surface area (Å²) in [5, 5.41) is 3.27. The average molecular weight is 368 g/mol. The second-order valence-corrected chi connectivity index (χ2v) is 7.10. The lowest BCUT2D eigenvalue weighted by Gasteiger charge is -2.20. The first-order valence-electron chi connectivity index (χ1n) is 9.29. The molecule has 27 heavy (non-hydrogen) atoms. The standard InChI is InChI=1S/C20H24N4O3/c1-14-5-2-3-6-17(14)27-13-19(25)24-10-16-15(12-26-18(16)11-24)9-23-20-21-7-4-8-22-20/h2-8,15-16,18H,9-13H2,1H3,(H,21,22,23)/t15-,16+,18+/m0/s1. The monoisotopic (exact) mass is 368 g/mol. The van der Waals surface area contributed by atoms with Gasteiger partial charge in [0, 0.05) is 43.9 Å². The number of fused-ring (bicyclic) bond motifs is 1. The molecule has 1 aromatic carbocycles. The number of aromatic nitrogens is 2. The maximum Gasteiger partial charge on any atom is 0.260 e. The number of ether oxygens (including phenoxy) is 2. The lowest BCUT2D eigenvalue weighted by molar-refractivity contribution is -0.133. The molecule has 7 heteroatoms. The topological polar surface area (TPSA) is 76.6 Å². The fraction of sp³-hybridized carbons (Fsp3) is 0.450. The molecule has 0 saturated carbocycles. The summed E-state index contributed by atoms with van der Waals surface area (Å²) in [6, 6.07) is 9.52. The molecule has 1 N–H and O–H groups in total. The zero-order valence-electron chi connectivity index (χ0n) is 15.4. The molecule has 2 aliphatic heterocycles. The van der Waals surface area contributed by atoms with E-state index < -0.39 is 0 Å². The number of carbonyl (C=O) groups excluding carboxylic acids is 1. The number of rotatable bonds is 6. The van der Waals surface area contributed by atoms with E-state index in [1.54, 1.807) is 18.5 Å². The molecule has 1 amide bonds. The van der Waals surface area contributed by atoms with Crippen LogP contribution in [0.2, 0.25) is 0 Å². The minimum atomic E-state index is 0.00866. The fourth-order valence-corrected chi connectivity index (χ4v) is 3.77. The summed E-state index contributed by atoms with van der Waals surface area (Å²) in [6.45, 7) is 4.83.